The number of rotatable bonds is 1. The molecule has 0 spiro atoms. The van der Waals surface area contributed by atoms with Crippen LogP contribution in [0.5, 0.6) is 0 Å². The summed E-state index contributed by atoms with van der Waals surface area (Å²) in [6.07, 6.45) is 9.35. The molecule has 1 heterocycles. The van der Waals surface area contributed by atoms with Crippen LogP contribution in [-0.4, -0.2) is 9.97 Å². The van der Waals surface area contributed by atoms with Gasteiger partial charge in [-0.25, -0.2) is 9.97 Å². The molecule has 0 bridgehead atoms. The number of hydrogen-bond acceptors (Lipinski definition) is 2. The van der Waals surface area contributed by atoms with Gasteiger partial charge in [-0.15, -0.1) is 0 Å². The van der Waals surface area contributed by atoms with Crippen LogP contribution in [0.2, 0.25) is 0 Å². The van der Waals surface area contributed by atoms with Crippen molar-refractivity contribution in [1.29, 1.82) is 0 Å². The lowest BCUT2D eigenvalue weighted by molar-refractivity contribution is 0.347. The standard InChI is InChI=1S/C12H18N2/c1-9-3-5-11(6-4-9)12-7-13-10(2)14-8-12/h7-9,11H,3-6H2,1-2H3. The molecule has 76 valence electrons. The maximum Gasteiger partial charge on any atom is 0.125 e. The van der Waals surface area contributed by atoms with Crippen molar-refractivity contribution < 1.29 is 0 Å². The Hall–Kier alpha value is -0.920. The highest BCUT2D eigenvalue weighted by atomic mass is 14.8. The Morgan fingerprint density at radius 2 is 1.64 bits per heavy atom. The first-order valence-electron chi connectivity index (χ1n) is 5.54. The molecule has 2 nitrogen and oxygen atoms in total. The summed E-state index contributed by atoms with van der Waals surface area (Å²) < 4.78 is 0. The molecule has 1 aliphatic carbocycles. The predicted octanol–water partition coefficient (Wildman–Crippen LogP) is 3.08. The van der Waals surface area contributed by atoms with E-state index < -0.39 is 0 Å². The average Bonchev–Trinajstić information content (AvgIpc) is 2.21. The van der Waals surface area contributed by atoms with Crippen LogP contribution >= 0.6 is 0 Å². The summed E-state index contributed by atoms with van der Waals surface area (Å²) in [5.74, 6) is 2.50. The Balaban J connectivity index is 2.05. The van der Waals surface area contributed by atoms with Gasteiger partial charge in [0.1, 0.15) is 5.82 Å². The van der Waals surface area contributed by atoms with E-state index in [1.807, 2.05) is 19.3 Å². The zero-order valence-corrected chi connectivity index (χ0v) is 9.03. The molecule has 2 rings (SSSR count). The molecule has 0 aliphatic heterocycles. The van der Waals surface area contributed by atoms with E-state index in [0.717, 1.165) is 11.7 Å². The van der Waals surface area contributed by atoms with E-state index in [4.69, 9.17) is 0 Å². The van der Waals surface area contributed by atoms with E-state index in [9.17, 15) is 0 Å². The van der Waals surface area contributed by atoms with E-state index in [0.29, 0.717) is 5.92 Å². The van der Waals surface area contributed by atoms with Crippen LogP contribution < -0.4 is 0 Å². The van der Waals surface area contributed by atoms with E-state index >= 15 is 0 Å². The van der Waals surface area contributed by atoms with Crippen LogP contribution in [0.15, 0.2) is 12.4 Å². The minimum atomic E-state index is 0.715. The van der Waals surface area contributed by atoms with E-state index in [2.05, 4.69) is 16.9 Å². The van der Waals surface area contributed by atoms with Gasteiger partial charge >= 0.3 is 0 Å². The summed E-state index contributed by atoms with van der Waals surface area (Å²) in [5.41, 5.74) is 1.34. The molecule has 14 heavy (non-hydrogen) atoms. The molecule has 2 heteroatoms. The van der Waals surface area contributed by atoms with Crippen molar-refractivity contribution in [2.45, 2.75) is 45.4 Å². The van der Waals surface area contributed by atoms with Crippen LogP contribution in [0.4, 0.5) is 0 Å². The fourth-order valence-corrected chi connectivity index (χ4v) is 2.21. The minimum Gasteiger partial charge on any atom is -0.241 e. The highest BCUT2D eigenvalue weighted by Gasteiger charge is 2.19. The van der Waals surface area contributed by atoms with Gasteiger partial charge in [0.15, 0.2) is 0 Å². The molecule has 0 unspecified atom stereocenters. The Labute approximate surface area is 85.8 Å². The van der Waals surface area contributed by atoms with Crippen molar-refractivity contribution in [2.24, 2.45) is 5.92 Å². The number of hydrogen-bond donors (Lipinski definition) is 0. The molecule has 1 saturated carbocycles. The quantitative estimate of drug-likeness (QED) is 0.680. The second kappa shape index (κ2) is 4.07. The van der Waals surface area contributed by atoms with Gasteiger partial charge in [0.25, 0.3) is 0 Å². The van der Waals surface area contributed by atoms with Gasteiger partial charge in [0.2, 0.25) is 0 Å². The Morgan fingerprint density at radius 3 is 2.21 bits per heavy atom. The van der Waals surface area contributed by atoms with Gasteiger partial charge in [-0.05, 0) is 37.2 Å². The first-order valence-corrected chi connectivity index (χ1v) is 5.54. The van der Waals surface area contributed by atoms with Crippen molar-refractivity contribution >= 4 is 0 Å². The smallest absolute Gasteiger partial charge is 0.125 e. The molecule has 0 amide bonds. The summed E-state index contributed by atoms with van der Waals surface area (Å²) in [5, 5.41) is 0. The number of aryl methyl sites for hydroxylation is 1. The first kappa shape index (κ1) is 9.63. The third-order valence-corrected chi connectivity index (χ3v) is 3.29. The largest absolute Gasteiger partial charge is 0.241 e. The third kappa shape index (κ3) is 2.11. The topological polar surface area (TPSA) is 25.8 Å². The van der Waals surface area contributed by atoms with Gasteiger partial charge in [0.05, 0.1) is 0 Å². The van der Waals surface area contributed by atoms with Crippen molar-refractivity contribution in [3.8, 4) is 0 Å². The van der Waals surface area contributed by atoms with Gasteiger partial charge in [-0.3, -0.25) is 0 Å². The molecule has 1 aromatic rings. The van der Waals surface area contributed by atoms with E-state index in [1.165, 1.54) is 31.2 Å². The summed E-state index contributed by atoms with van der Waals surface area (Å²) >= 11 is 0. The third-order valence-electron chi connectivity index (χ3n) is 3.29. The summed E-state index contributed by atoms with van der Waals surface area (Å²) in [6, 6.07) is 0. The fraction of sp³-hybridized carbons (Fsp3) is 0.667. The monoisotopic (exact) mass is 190 g/mol. The Kier molecular flexibility index (Phi) is 2.80. The average molecular weight is 190 g/mol. The van der Waals surface area contributed by atoms with Crippen molar-refractivity contribution in [3.05, 3.63) is 23.8 Å². The van der Waals surface area contributed by atoms with Crippen LogP contribution in [0.3, 0.4) is 0 Å². The van der Waals surface area contributed by atoms with Crippen molar-refractivity contribution in [1.82, 2.24) is 9.97 Å². The van der Waals surface area contributed by atoms with E-state index in [-0.39, 0.29) is 0 Å². The van der Waals surface area contributed by atoms with Gasteiger partial charge in [0, 0.05) is 12.4 Å². The van der Waals surface area contributed by atoms with E-state index in [1.54, 1.807) is 0 Å². The van der Waals surface area contributed by atoms with Gasteiger partial charge < -0.3 is 0 Å². The molecule has 0 saturated heterocycles. The molecule has 0 atom stereocenters. The molecule has 1 aliphatic rings. The zero-order valence-electron chi connectivity index (χ0n) is 9.03. The summed E-state index contributed by atoms with van der Waals surface area (Å²) in [4.78, 5) is 8.52. The zero-order chi connectivity index (χ0) is 9.97. The molecule has 0 N–H and O–H groups in total. The lowest BCUT2D eigenvalue weighted by Crippen LogP contribution is -2.11. The molecule has 1 aromatic heterocycles. The molecule has 0 radical (unpaired) electrons. The Bertz CT molecular complexity index is 284. The second-order valence-electron chi connectivity index (χ2n) is 4.52. The van der Waals surface area contributed by atoms with Crippen LogP contribution in [0.25, 0.3) is 0 Å². The highest BCUT2D eigenvalue weighted by molar-refractivity contribution is 5.12. The van der Waals surface area contributed by atoms with Crippen molar-refractivity contribution in [2.75, 3.05) is 0 Å². The van der Waals surface area contributed by atoms with Gasteiger partial charge in [-0.1, -0.05) is 19.8 Å². The molecular weight excluding hydrogens is 172 g/mol. The van der Waals surface area contributed by atoms with Gasteiger partial charge in [-0.2, -0.15) is 0 Å². The number of nitrogens with zero attached hydrogens (tertiary/aromatic N) is 2. The normalized spacial score (nSPS) is 27.6. The lowest BCUT2D eigenvalue weighted by Gasteiger charge is -2.25. The maximum atomic E-state index is 4.26. The molecule has 0 aromatic carbocycles. The summed E-state index contributed by atoms with van der Waals surface area (Å²) in [7, 11) is 0. The van der Waals surface area contributed by atoms with Crippen LogP contribution in [0.1, 0.15) is 49.9 Å². The molecule has 1 fully saturated rings. The lowest BCUT2D eigenvalue weighted by atomic mass is 9.80. The number of aromatic nitrogens is 2. The minimum absolute atomic E-state index is 0.715. The summed E-state index contributed by atoms with van der Waals surface area (Å²) in [6.45, 7) is 4.29. The molecular formula is C12H18N2. The predicted molar refractivity (Wildman–Crippen MR) is 57.1 cm³/mol. The van der Waals surface area contributed by atoms with Crippen molar-refractivity contribution in [3.63, 3.8) is 0 Å². The van der Waals surface area contributed by atoms with Crippen LogP contribution in [0, 0.1) is 12.8 Å². The van der Waals surface area contributed by atoms with Crippen LogP contribution in [-0.2, 0) is 0 Å². The second-order valence-corrected chi connectivity index (χ2v) is 4.52. The highest BCUT2D eigenvalue weighted by Crippen LogP contribution is 2.34. The first-order chi connectivity index (χ1) is 6.75. The fourth-order valence-electron chi connectivity index (χ4n) is 2.21. The Morgan fingerprint density at radius 1 is 1.07 bits per heavy atom. The SMILES string of the molecule is Cc1ncc(C2CCC(C)CC2)cn1. The maximum absolute atomic E-state index is 4.26.